The summed E-state index contributed by atoms with van der Waals surface area (Å²) in [6.45, 7) is 6.42. The van der Waals surface area contributed by atoms with Gasteiger partial charge in [0.15, 0.2) is 0 Å². The molecule has 4 rings (SSSR count). The van der Waals surface area contributed by atoms with Crippen LogP contribution in [0.15, 0.2) is 30.5 Å². The fourth-order valence-corrected chi connectivity index (χ4v) is 4.60. The van der Waals surface area contributed by atoms with Gasteiger partial charge in [-0.2, -0.15) is 5.10 Å². The highest BCUT2D eigenvalue weighted by Crippen LogP contribution is 2.30. The van der Waals surface area contributed by atoms with Crippen molar-refractivity contribution in [1.29, 1.82) is 0 Å². The number of rotatable bonds is 4. The molecule has 0 radical (unpaired) electrons. The minimum Gasteiger partial charge on any atom is -0.497 e. The maximum absolute atomic E-state index is 13.2. The summed E-state index contributed by atoms with van der Waals surface area (Å²) in [5.74, 6) is 0.856. The van der Waals surface area contributed by atoms with Crippen LogP contribution in [0.3, 0.4) is 0 Å². The van der Waals surface area contributed by atoms with Gasteiger partial charge in [-0.3, -0.25) is 14.7 Å². The molecule has 0 unspecified atom stereocenters. The van der Waals surface area contributed by atoms with Crippen LogP contribution in [0.25, 0.3) is 0 Å². The van der Waals surface area contributed by atoms with Crippen molar-refractivity contribution >= 4 is 11.8 Å². The van der Waals surface area contributed by atoms with Crippen LogP contribution < -0.4 is 4.74 Å². The monoisotopic (exact) mass is 426 g/mol. The second kappa shape index (κ2) is 9.09. The molecule has 1 aromatic carbocycles. The van der Waals surface area contributed by atoms with Gasteiger partial charge >= 0.3 is 0 Å². The number of amides is 2. The minimum absolute atomic E-state index is 0.000589. The number of methoxy groups -OCH3 is 1. The molecule has 31 heavy (non-hydrogen) atoms. The standard InChI is InChI=1S/C23H30N4O4/c1-15-13-27(14-16(2)31-15)23(29)20-12-24-25-21(20)17-7-9-26(10-8-17)22(28)18-5-4-6-19(11-18)30-3/h4-6,11-12,15-17H,7-10,13-14H2,1-3H3,(H,24,25)/t15-,16+. The normalized spacial score (nSPS) is 22.4. The van der Waals surface area contributed by atoms with Crippen LogP contribution >= 0.6 is 0 Å². The average Bonchev–Trinajstić information content (AvgIpc) is 3.27. The highest BCUT2D eigenvalue weighted by atomic mass is 16.5. The Morgan fingerprint density at radius 1 is 1.10 bits per heavy atom. The Kier molecular flexibility index (Phi) is 6.27. The minimum atomic E-state index is 0.000589. The van der Waals surface area contributed by atoms with Gasteiger partial charge in [-0.15, -0.1) is 0 Å². The second-order valence-electron chi connectivity index (χ2n) is 8.46. The van der Waals surface area contributed by atoms with Crippen LogP contribution in [0.1, 0.15) is 59.0 Å². The number of ether oxygens (including phenoxy) is 2. The molecule has 0 aliphatic carbocycles. The number of H-pyrrole nitrogens is 1. The Hall–Kier alpha value is -2.87. The lowest BCUT2D eigenvalue weighted by molar-refractivity contribution is -0.0586. The summed E-state index contributed by atoms with van der Waals surface area (Å²) in [6, 6.07) is 7.24. The van der Waals surface area contributed by atoms with E-state index in [1.54, 1.807) is 19.4 Å². The zero-order valence-corrected chi connectivity index (χ0v) is 18.3. The first-order chi connectivity index (χ1) is 15.0. The van der Waals surface area contributed by atoms with E-state index >= 15 is 0 Å². The van der Waals surface area contributed by atoms with Crippen LogP contribution in [0.5, 0.6) is 5.75 Å². The lowest BCUT2D eigenvalue weighted by Crippen LogP contribution is -2.48. The first-order valence-electron chi connectivity index (χ1n) is 10.9. The Labute approximate surface area is 182 Å². The first kappa shape index (κ1) is 21.4. The van der Waals surface area contributed by atoms with E-state index in [-0.39, 0.29) is 29.9 Å². The largest absolute Gasteiger partial charge is 0.497 e. The van der Waals surface area contributed by atoms with Crippen molar-refractivity contribution in [2.75, 3.05) is 33.3 Å². The highest BCUT2D eigenvalue weighted by molar-refractivity contribution is 5.96. The van der Waals surface area contributed by atoms with Gasteiger partial charge in [0.05, 0.1) is 36.8 Å². The SMILES string of the molecule is COc1cccc(C(=O)N2CCC(c3[nH]ncc3C(=O)N3C[C@@H](C)O[C@@H](C)C3)CC2)c1. The lowest BCUT2D eigenvalue weighted by Gasteiger charge is -2.36. The number of benzene rings is 1. The molecule has 2 fully saturated rings. The number of morpholine rings is 1. The molecule has 0 saturated carbocycles. The number of piperidine rings is 1. The first-order valence-corrected chi connectivity index (χ1v) is 10.9. The van der Waals surface area contributed by atoms with Crippen molar-refractivity contribution in [1.82, 2.24) is 20.0 Å². The van der Waals surface area contributed by atoms with E-state index in [1.165, 1.54) is 0 Å². The molecule has 2 atom stereocenters. The molecule has 8 heteroatoms. The Balaban J connectivity index is 1.41. The molecule has 8 nitrogen and oxygen atoms in total. The molecular formula is C23H30N4O4. The molecule has 166 valence electrons. The third-order valence-electron chi connectivity index (χ3n) is 6.11. The maximum atomic E-state index is 13.2. The van der Waals surface area contributed by atoms with Gasteiger partial charge in [-0.1, -0.05) is 6.07 Å². The van der Waals surface area contributed by atoms with Crippen molar-refractivity contribution in [2.45, 2.75) is 44.8 Å². The fourth-order valence-electron chi connectivity index (χ4n) is 4.60. The number of hydrogen-bond acceptors (Lipinski definition) is 5. The van der Waals surface area contributed by atoms with Crippen molar-refractivity contribution in [2.24, 2.45) is 0 Å². The zero-order chi connectivity index (χ0) is 22.0. The molecule has 2 aliphatic rings. The number of hydrogen-bond donors (Lipinski definition) is 1. The summed E-state index contributed by atoms with van der Waals surface area (Å²) in [7, 11) is 1.59. The number of nitrogens with one attached hydrogen (secondary N) is 1. The number of carbonyl (C=O) groups is 2. The molecule has 2 amide bonds. The number of aromatic nitrogens is 2. The summed E-state index contributed by atoms with van der Waals surface area (Å²) in [4.78, 5) is 29.8. The molecule has 0 bridgehead atoms. The summed E-state index contributed by atoms with van der Waals surface area (Å²) in [6.07, 6.45) is 3.25. The smallest absolute Gasteiger partial charge is 0.257 e. The highest BCUT2D eigenvalue weighted by Gasteiger charge is 2.32. The van der Waals surface area contributed by atoms with E-state index in [0.717, 1.165) is 18.5 Å². The van der Waals surface area contributed by atoms with Gasteiger partial charge in [-0.05, 0) is 44.9 Å². The van der Waals surface area contributed by atoms with Crippen LogP contribution in [0.4, 0.5) is 0 Å². The van der Waals surface area contributed by atoms with Gasteiger partial charge in [-0.25, -0.2) is 0 Å². The molecule has 2 saturated heterocycles. The van der Waals surface area contributed by atoms with E-state index in [0.29, 0.717) is 43.1 Å². The van der Waals surface area contributed by atoms with E-state index in [4.69, 9.17) is 9.47 Å². The molecule has 0 spiro atoms. The number of likely N-dealkylation sites (tertiary alicyclic amines) is 1. The lowest BCUT2D eigenvalue weighted by atomic mass is 9.90. The molecule has 2 aliphatic heterocycles. The van der Waals surface area contributed by atoms with E-state index < -0.39 is 0 Å². The Bertz CT molecular complexity index is 925. The van der Waals surface area contributed by atoms with Gasteiger partial charge in [0.25, 0.3) is 11.8 Å². The van der Waals surface area contributed by atoms with E-state index in [1.807, 2.05) is 41.8 Å². The van der Waals surface area contributed by atoms with Crippen molar-refractivity contribution in [3.05, 3.63) is 47.3 Å². The molecule has 1 N–H and O–H groups in total. The third kappa shape index (κ3) is 4.58. The number of carbonyl (C=O) groups excluding carboxylic acids is 2. The summed E-state index contributed by atoms with van der Waals surface area (Å²) < 4.78 is 11.0. The summed E-state index contributed by atoms with van der Waals surface area (Å²) >= 11 is 0. The van der Waals surface area contributed by atoms with Crippen molar-refractivity contribution < 1.29 is 19.1 Å². The van der Waals surface area contributed by atoms with E-state index in [9.17, 15) is 9.59 Å². The quantitative estimate of drug-likeness (QED) is 0.812. The Morgan fingerprint density at radius 2 is 1.81 bits per heavy atom. The van der Waals surface area contributed by atoms with Gasteiger partial charge in [0.1, 0.15) is 5.75 Å². The summed E-state index contributed by atoms with van der Waals surface area (Å²) in [5.41, 5.74) is 2.15. The van der Waals surface area contributed by atoms with Gasteiger partial charge in [0.2, 0.25) is 0 Å². The topological polar surface area (TPSA) is 87.8 Å². The maximum Gasteiger partial charge on any atom is 0.257 e. The van der Waals surface area contributed by atoms with Crippen LogP contribution in [-0.2, 0) is 4.74 Å². The number of nitrogens with zero attached hydrogens (tertiary/aromatic N) is 3. The predicted molar refractivity (Wildman–Crippen MR) is 115 cm³/mol. The van der Waals surface area contributed by atoms with E-state index in [2.05, 4.69) is 10.2 Å². The zero-order valence-electron chi connectivity index (χ0n) is 18.3. The molecule has 2 aromatic rings. The fraction of sp³-hybridized carbons (Fsp3) is 0.522. The summed E-state index contributed by atoms with van der Waals surface area (Å²) in [5, 5.41) is 7.23. The molecule has 1 aromatic heterocycles. The van der Waals surface area contributed by atoms with Gasteiger partial charge < -0.3 is 19.3 Å². The molecule has 3 heterocycles. The van der Waals surface area contributed by atoms with Crippen LogP contribution in [0.2, 0.25) is 0 Å². The second-order valence-corrected chi connectivity index (χ2v) is 8.46. The van der Waals surface area contributed by atoms with Gasteiger partial charge in [0, 0.05) is 37.7 Å². The Morgan fingerprint density at radius 3 is 2.48 bits per heavy atom. The predicted octanol–water partition coefficient (Wildman–Crippen LogP) is 2.69. The van der Waals surface area contributed by atoms with Crippen LogP contribution in [0, 0.1) is 0 Å². The van der Waals surface area contributed by atoms with Crippen molar-refractivity contribution in [3.63, 3.8) is 0 Å². The average molecular weight is 427 g/mol. The number of aromatic amines is 1. The van der Waals surface area contributed by atoms with Crippen molar-refractivity contribution in [3.8, 4) is 5.75 Å². The molecular weight excluding hydrogens is 396 g/mol. The van der Waals surface area contributed by atoms with Crippen LogP contribution in [-0.4, -0.2) is 77.3 Å². The third-order valence-corrected chi connectivity index (χ3v) is 6.11.